The molecule has 1 aromatic heterocycles. The average Bonchev–Trinajstić information content (AvgIpc) is 2.52. The van der Waals surface area contributed by atoms with Crippen molar-refractivity contribution in [3.8, 4) is 0 Å². The number of para-hydroxylation sites is 1. The second kappa shape index (κ2) is 7.18. The standard InChI is InChI=1S/C17H22FN3/c1-4-15(19-3)16-11-10-13(12-20-16)21(5-2)17-9-7-6-8-14(17)18/h6-12,15,19H,4-5H2,1-3H3. The Labute approximate surface area is 125 Å². The molecule has 0 amide bonds. The number of pyridine rings is 1. The highest BCUT2D eigenvalue weighted by Gasteiger charge is 2.13. The summed E-state index contributed by atoms with van der Waals surface area (Å²) < 4.78 is 14.0. The second-order valence-corrected chi connectivity index (χ2v) is 4.89. The molecular formula is C17H22FN3. The zero-order chi connectivity index (χ0) is 15.2. The molecule has 0 aliphatic carbocycles. The van der Waals surface area contributed by atoms with E-state index >= 15 is 0 Å². The zero-order valence-electron chi connectivity index (χ0n) is 12.8. The molecule has 0 aliphatic rings. The largest absolute Gasteiger partial charge is 0.338 e. The van der Waals surface area contributed by atoms with Crippen LogP contribution in [0.25, 0.3) is 0 Å². The van der Waals surface area contributed by atoms with E-state index in [-0.39, 0.29) is 11.9 Å². The number of anilines is 2. The van der Waals surface area contributed by atoms with Gasteiger partial charge in [0, 0.05) is 12.6 Å². The van der Waals surface area contributed by atoms with Crippen LogP contribution in [-0.2, 0) is 0 Å². The van der Waals surface area contributed by atoms with E-state index in [0.29, 0.717) is 12.2 Å². The smallest absolute Gasteiger partial charge is 0.146 e. The first-order valence-electron chi connectivity index (χ1n) is 7.36. The second-order valence-electron chi connectivity index (χ2n) is 4.89. The van der Waals surface area contributed by atoms with E-state index < -0.39 is 0 Å². The topological polar surface area (TPSA) is 28.2 Å². The SMILES string of the molecule is CCC(NC)c1ccc(N(CC)c2ccccc2F)cn1. The first kappa shape index (κ1) is 15.4. The average molecular weight is 287 g/mol. The Balaban J connectivity index is 2.30. The van der Waals surface area contributed by atoms with Gasteiger partial charge in [0.05, 0.1) is 23.3 Å². The lowest BCUT2D eigenvalue weighted by Gasteiger charge is -2.24. The molecule has 2 rings (SSSR count). The van der Waals surface area contributed by atoms with Gasteiger partial charge in [-0.2, -0.15) is 0 Å². The summed E-state index contributed by atoms with van der Waals surface area (Å²) in [5.74, 6) is -0.218. The monoisotopic (exact) mass is 287 g/mol. The van der Waals surface area contributed by atoms with Crippen molar-refractivity contribution in [2.75, 3.05) is 18.5 Å². The van der Waals surface area contributed by atoms with E-state index in [9.17, 15) is 4.39 Å². The lowest BCUT2D eigenvalue weighted by atomic mass is 10.1. The number of hydrogen-bond donors (Lipinski definition) is 1. The number of nitrogens with zero attached hydrogens (tertiary/aromatic N) is 2. The Morgan fingerprint density at radius 3 is 2.48 bits per heavy atom. The number of benzene rings is 1. The molecule has 0 saturated carbocycles. The Bertz CT molecular complexity index is 565. The summed E-state index contributed by atoms with van der Waals surface area (Å²) in [7, 11) is 1.93. The fourth-order valence-corrected chi connectivity index (χ4v) is 2.49. The molecule has 4 heteroatoms. The van der Waals surface area contributed by atoms with Crippen molar-refractivity contribution in [2.45, 2.75) is 26.3 Å². The van der Waals surface area contributed by atoms with Gasteiger partial charge in [0.25, 0.3) is 0 Å². The minimum absolute atomic E-state index is 0.218. The summed E-state index contributed by atoms with van der Waals surface area (Å²) in [4.78, 5) is 6.44. The third kappa shape index (κ3) is 3.39. The van der Waals surface area contributed by atoms with Crippen molar-refractivity contribution in [3.63, 3.8) is 0 Å². The van der Waals surface area contributed by atoms with E-state index in [1.54, 1.807) is 12.1 Å². The molecule has 1 unspecified atom stereocenters. The van der Waals surface area contributed by atoms with Gasteiger partial charge in [-0.25, -0.2) is 4.39 Å². The first-order valence-corrected chi connectivity index (χ1v) is 7.36. The maximum atomic E-state index is 14.0. The minimum atomic E-state index is -0.218. The summed E-state index contributed by atoms with van der Waals surface area (Å²) in [5, 5.41) is 3.24. The molecular weight excluding hydrogens is 265 g/mol. The third-order valence-electron chi connectivity index (χ3n) is 3.66. The number of aromatic nitrogens is 1. The van der Waals surface area contributed by atoms with E-state index in [1.165, 1.54) is 6.07 Å². The molecule has 0 aliphatic heterocycles. The van der Waals surface area contributed by atoms with Gasteiger partial charge in [0.2, 0.25) is 0 Å². The van der Waals surface area contributed by atoms with Crippen LogP contribution in [0.15, 0.2) is 42.6 Å². The number of hydrogen-bond acceptors (Lipinski definition) is 3. The Hall–Kier alpha value is -1.94. The Kier molecular flexibility index (Phi) is 5.28. The van der Waals surface area contributed by atoms with E-state index in [1.807, 2.05) is 43.3 Å². The normalized spacial score (nSPS) is 12.2. The van der Waals surface area contributed by atoms with Gasteiger partial charge in [0.1, 0.15) is 5.82 Å². The van der Waals surface area contributed by atoms with Gasteiger partial charge in [-0.05, 0) is 44.7 Å². The lowest BCUT2D eigenvalue weighted by Crippen LogP contribution is -2.19. The number of nitrogens with one attached hydrogen (secondary N) is 1. The van der Waals surface area contributed by atoms with Crippen LogP contribution in [0.5, 0.6) is 0 Å². The van der Waals surface area contributed by atoms with Gasteiger partial charge in [-0.1, -0.05) is 19.1 Å². The van der Waals surface area contributed by atoms with Crippen LogP contribution in [0.4, 0.5) is 15.8 Å². The van der Waals surface area contributed by atoms with Gasteiger partial charge in [-0.3, -0.25) is 4.98 Å². The van der Waals surface area contributed by atoms with E-state index in [4.69, 9.17) is 0 Å². The molecule has 0 spiro atoms. The van der Waals surface area contributed by atoms with Crippen LogP contribution in [-0.4, -0.2) is 18.6 Å². The predicted molar refractivity (Wildman–Crippen MR) is 85.4 cm³/mol. The van der Waals surface area contributed by atoms with Crippen LogP contribution < -0.4 is 10.2 Å². The van der Waals surface area contributed by atoms with E-state index in [2.05, 4.69) is 17.2 Å². The van der Waals surface area contributed by atoms with Crippen molar-refractivity contribution < 1.29 is 4.39 Å². The van der Waals surface area contributed by atoms with Crippen molar-refractivity contribution in [1.82, 2.24) is 10.3 Å². The summed E-state index contributed by atoms with van der Waals surface area (Å²) in [6, 6.07) is 11.1. The molecule has 21 heavy (non-hydrogen) atoms. The fraction of sp³-hybridized carbons (Fsp3) is 0.353. The van der Waals surface area contributed by atoms with Gasteiger partial charge >= 0.3 is 0 Å². The highest BCUT2D eigenvalue weighted by atomic mass is 19.1. The maximum Gasteiger partial charge on any atom is 0.146 e. The minimum Gasteiger partial charge on any atom is -0.338 e. The predicted octanol–water partition coefficient (Wildman–Crippen LogP) is 4.05. The first-order chi connectivity index (χ1) is 10.2. The molecule has 3 nitrogen and oxygen atoms in total. The molecule has 112 valence electrons. The van der Waals surface area contributed by atoms with Crippen LogP contribution in [0.2, 0.25) is 0 Å². The van der Waals surface area contributed by atoms with Crippen LogP contribution >= 0.6 is 0 Å². The summed E-state index contributed by atoms with van der Waals surface area (Å²) >= 11 is 0. The molecule has 0 saturated heterocycles. The third-order valence-corrected chi connectivity index (χ3v) is 3.66. The molecule has 1 atom stereocenters. The highest BCUT2D eigenvalue weighted by Crippen LogP contribution is 2.27. The van der Waals surface area contributed by atoms with Crippen LogP contribution in [0, 0.1) is 5.82 Å². The van der Waals surface area contributed by atoms with Gasteiger partial charge in [-0.15, -0.1) is 0 Å². The lowest BCUT2D eigenvalue weighted by molar-refractivity contribution is 0.561. The van der Waals surface area contributed by atoms with Gasteiger partial charge < -0.3 is 10.2 Å². The van der Waals surface area contributed by atoms with Crippen LogP contribution in [0.1, 0.15) is 32.0 Å². The van der Waals surface area contributed by atoms with Crippen molar-refractivity contribution in [3.05, 3.63) is 54.1 Å². The van der Waals surface area contributed by atoms with Crippen LogP contribution in [0.3, 0.4) is 0 Å². The molecule has 0 bridgehead atoms. The molecule has 1 N–H and O–H groups in total. The Morgan fingerprint density at radius 2 is 1.95 bits per heavy atom. The maximum absolute atomic E-state index is 14.0. The quantitative estimate of drug-likeness (QED) is 0.868. The molecule has 1 aromatic carbocycles. The van der Waals surface area contributed by atoms with Crippen molar-refractivity contribution >= 4 is 11.4 Å². The summed E-state index contributed by atoms with van der Waals surface area (Å²) in [5.41, 5.74) is 2.49. The number of rotatable bonds is 6. The summed E-state index contributed by atoms with van der Waals surface area (Å²) in [6.45, 7) is 4.81. The molecule has 2 aromatic rings. The molecule has 1 heterocycles. The Morgan fingerprint density at radius 1 is 1.19 bits per heavy atom. The molecule has 0 fully saturated rings. The zero-order valence-corrected chi connectivity index (χ0v) is 12.8. The summed E-state index contributed by atoms with van der Waals surface area (Å²) in [6.07, 6.45) is 2.79. The van der Waals surface area contributed by atoms with Gasteiger partial charge in [0.15, 0.2) is 0 Å². The van der Waals surface area contributed by atoms with Crippen molar-refractivity contribution in [2.24, 2.45) is 0 Å². The highest BCUT2D eigenvalue weighted by molar-refractivity contribution is 5.62. The number of halogens is 1. The molecule has 0 radical (unpaired) electrons. The van der Waals surface area contributed by atoms with E-state index in [0.717, 1.165) is 17.8 Å². The van der Waals surface area contributed by atoms with Crippen molar-refractivity contribution in [1.29, 1.82) is 0 Å². The fourth-order valence-electron chi connectivity index (χ4n) is 2.49.